The van der Waals surface area contributed by atoms with Crippen LogP contribution in [0.5, 0.6) is 0 Å². The van der Waals surface area contributed by atoms with E-state index in [4.69, 9.17) is 0 Å². The smallest absolute Gasteiger partial charge is 0.282 e. The van der Waals surface area contributed by atoms with Crippen molar-refractivity contribution in [2.45, 2.75) is 25.2 Å². The Morgan fingerprint density at radius 2 is 1.69 bits per heavy atom. The molecule has 0 N–H and O–H groups in total. The average molecular weight is 409 g/mol. The number of Topliss-reactive ketones (excluding diaryl/α,β-unsaturated/α-hetero) is 2. The van der Waals surface area contributed by atoms with Gasteiger partial charge in [0.15, 0.2) is 5.78 Å². The van der Waals surface area contributed by atoms with E-state index in [1.807, 2.05) is 6.92 Å². The molecule has 0 heterocycles. The highest BCUT2D eigenvalue weighted by Crippen LogP contribution is 2.26. The minimum absolute atomic E-state index is 0.0329. The van der Waals surface area contributed by atoms with Gasteiger partial charge >= 0.3 is 0 Å². The van der Waals surface area contributed by atoms with Gasteiger partial charge in [-0.3, -0.25) is 9.59 Å². The zero-order valence-electron chi connectivity index (χ0n) is 16.0. The van der Waals surface area contributed by atoms with Gasteiger partial charge in [-0.05, 0) is 32.1 Å². The van der Waals surface area contributed by atoms with Crippen molar-refractivity contribution in [1.82, 2.24) is 0 Å². The molecule has 148 valence electrons. The van der Waals surface area contributed by atoms with Crippen LogP contribution in [0.15, 0.2) is 69.5 Å². The second-order valence-electron chi connectivity index (χ2n) is 6.88. The maximum Gasteiger partial charge on any atom is 0.282 e. The largest absolute Gasteiger partial charge is 0.303 e. The Kier molecular flexibility index (Phi) is 5.70. The van der Waals surface area contributed by atoms with Crippen molar-refractivity contribution in [2.24, 2.45) is 10.3 Å². The minimum atomic E-state index is -4.02. The average Bonchev–Trinajstić information content (AvgIpc) is 2.71. The summed E-state index contributed by atoms with van der Waals surface area (Å²) < 4.78 is 29.5. The van der Waals surface area contributed by atoms with Crippen molar-refractivity contribution in [1.29, 1.82) is 0 Å². The number of carbonyl (C=O) groups is 3. The predicted octanol–water partition coefficient (Wildman–Crippen LogP) is 3.09. The molecule has 1 aliphatic rings. The summed E-state index contributed by atoms with van der Waals surface area (Å²) in [6, 6.07) is 12.8. The highest BCUT2D eigenvalue weighted by atomic mass is 32.2. The molecule has 0 fully saturated rings. The Balaban J connectivity index is 2.10. The van der Waals surface area contributed by atoms with Crippen molar-refractivity contribution < 1.29 is 22.8 Å². The van der Waals surface area contributed by atoms with Gasteiger partial charge in [0, 0.05) is 23.1 Å². The van der Waals surface area contributed by atoms with Crippen molar-refractivity contribution >= 4 is 33.6 Å². The van der Waals surface area contributed by atoms with E-state index in [-0.39, 0.29) is 33.9 Å². The van der Waals surface area contributed by atoms with Crippen LogP contribution in [-0.2, 0) is 19.6 Å². The first-order valence-corrected chi connectivity index (χ1v) is 10.4. The van der Waals surface area contributed by atoms with Gasteiger partial charge in [0.1, 0.15) is 12.1 Å². The minimum Gasteiger partial charge on any atom is -0.303 e. The van der Waals surface area contributed by atoms with E-state index in [1.165, 1.54) is 25.1 Å². The summed E-state index contributed by atoms with van der Waals surface area (Å²) in [7, 11) is -4.02. The molecule has 0 saturated carbocycles. The number of nitrogens with zero attached hydrogens (tertiary/aromatic N) is 1. The number of carbonyl (C=O) groups excluding carboxylic acids is 3. The van der Waals surface area contributed by atoms with Gasteiger partial charge in [-0.1, -0.05) is 42.0 Å². The summed E-state index contributed by atoms with van der Waals surface area (Å²) >= 11 is 0. The molecular weight excluding hydrogens is 390 g/mol. The van der Waals surface area contributed by atoms with Crippen LogP contribution in [0.3, 0.4) is 0 Å². The lowest BCUT2D eigenvalue weighted by atomic mass is 9.86. The second kappa shape index (κ2) is 8.05. The summed E-state index contributed by atoms with van der Waals surface area (Å²) in [6.07, 6.45) is 1.57. The van der Waals surface area contributed by atoms with E-state index >= 15 is 0 Å². The third kappa shape index (κ3) is 4.30. The normalized spacial score (nSPS) is 16.1. The zero-order chi connectivity index (χ0) is 21.2. The van der Waals surface area contributed by atoms with Crippen LogP contribution in [0.1, 0.15) is 34.8 Å². The van der Waals surface area contributed by atoms with Crippen LogP contribution in [0.25, 0.3) is 0 Å². The van der Waals surface area contributed by atoms with E-state index in [1.54, 1.807) is 36.4 Å². The number of benzene rings is 2. The number of aldehydes is 1. The van der Waals surface area contributed by atoms with Crippen LogP contribution < -0.4 is 0 Å². The SMILES string of the molecule is Cc1ccc(S(=O)(=O)/N=C2\C=C(CC(=O)C(C)C=O)C(=O)c3ccccc32)cc1. The summed E-state index contributed by atoms with van der Waals surface area (Å²) in [5.41, 5.74) is 1.76. The molecule has 7 heteroatoms. The number of hydrogen-bond acceptors (Lipinski definition) is 5. The van der Waals surface area contributed by atoms with Gasteiger partial charge in [-0.15, -0.1) is 0 Å². The molecule has 0 aromatic heterocycles. The number of sulfonamides is 1. The lowest BCUT2D eigenvalue weighted by Gasteiger charge is -2.17. The quantitative estimate of drug-likeness (QED) is 0.539. The molecule has 0 bridgehead atoms. The molecule has 0 saturated heterocycles. The molecule has 2 aromatic rings. The van der Waals surface area contributed by atoms with Crippen molar-refractivity contribution in [2.75, 3.05) is 0 Å². The number of allylic oxidation sites excluding steroid dienone is 2. The predicted molar refractivity (Wildman–Crippen MR) is 109 cm³/mol. The summed E-state index contributed by atoms with van der Waals surface area (Å²) in [5.74, 6) is -1.64. The Labute approximate surface area is 169 Å². The second-order valence-corrected chi connectivity index (χ2v) is 8.48. The third-order valence-corrected chi connectivity index (χ3v) is 5.97. The van der Waals surface area contributed by atoms with Crippen LogP contribution in [-0.4, -0.2) is 32.0 Å². The topological polar surface area (TPSA) is 97.7 Å². The summed E-state index contributed by atoms with van der Waals surface area (Å²) in [6.45, 7) is 3.30. The zero-order valence-corrected chi connectivity index (χ0v) is 16.8. The van der Waals surface area contributed by atoms with Gasteiger partial charge < -0.3 is 4.79 Å². The fourth-order valence-electron chi connectivity index (χ4n) is 2.91. The maximum atomic E-state index is 12.8. The van der Waals surface area contributed by atoms with E-state index in [2.05, 4.69) is 4.40 Å². The van der Waals surface area contributed by atoms with Crippen molar-refractivity contribution in [3.63, 3.8) is 0 Å². The Bertz CT molecular complexity index is 1160. The molecule has 1 atom stereocenters. The fraction of sp³-hybridized carbons (Fsp3) is 0.182. The first-order valence-electron chi connectivity index (χ1n) is 8.97. The first-order chi connectivity index (χ1) is 13.7. The number of ketones is 2. The number of aryl methyl sites for hydroxylation is 1. The Hall–Kier alpha value is -3.19. The van der Waals surface area contributed by atoms with Crippen LogP contribution in [0, 0.1) is 12.8 Å². The van der Waals surface area contributed by atoms with E-state index in [0.29, 0.717) is 11.8 Å². The Morgan fingerprint density at radius 3 is 2.31 bits per heavy atom. The van der Waals surface area contributed by atoms with Crippen LogP contribution in [0.4, 0.5) is 0 Å². The lowest BCUT2D eigenvalue weighted by Crippen LogP contribution is -2.22. The molecule has 3 rings (SSSR count). The first kappa shape index (κ1) is 20.5. The standard InChI is InChI=1S/C22H19NO5S/c1-14-7-9-17(10-8-14)29(27,28)23-20-11-16(12-21(25)15(2)13-24)22(26)19-6-4-3-5-18(19)20/h3-11,13,15H,12H2,1-2H3/b23-20+. The third-order valence-electron chi connectivity index (χ3n) is 4.66. The molecule has 0 aliphatic heterocycles. The molecule has 0 radical (unpaired) electrons. The molecule has 1 unspecified atom stereocenters. The van der Waals surface area contributed by atoms with Gasteiger partial charge in [0.2, 0.25) is 0 Å². The molecule has 6 nitrogen and oxygen atoms in total. The van der Waals surface area contributed by atoms with Gasteiger partial charge in [0.25, 0.3) is 10.0 Å². The molecular formula is C22H19NO5S. The van der Waals surface area contributed by atoms with Crippen molar-refractivity contribution in [3.8, 4) is 0 Å². The fourth-order valence-corrected chi connectivity index (χ4v) is 3.91. The lowest BCUT2D eigenvalue weighted by molar-refractivity contribution is -0.126. The number of fused-ring (bicyclic) bond motifs is 1. The maximum absolute atomic E-state index is 12.8. The van der Waals surface area contributed by atoms with Gasteiger partial charge in [-0.2, -0.15) is 12.8 Å². The van der Waals surface area contributed by atoms with E-state index in [0.717, 1.165) is 5.56 Å². The molecule has 1 aliphatic carbocycles. The molecule has 2 aromatic carbocycles. The van der Waals surface area contributed by atoms with Crippen LogP contribution in [0.2, 0.25) is 0 Å². The Morgan fingerprint density at radius 1 is 1.07 bits per heavy atom. The highest BCUT2D eigenvalue weighted by Gasteiger charge is 2.28. The van der Waals surface area contributed by atoms with E-state index in [9.17, 15) is 22.8 Å². The van der Waals surface area contributed by atoms with Crippen molar-refractivity contribution in [3.05, 3.63) is 76.9 Å². The number of rotatable bonds is 6. The molecule has 29 heavy (non-hydrogen) atoms. The summed E-state index contributed by atoms with van der Waals surface area (Å²) in [4.78, 5) is 35.8. The van der Waals surface area contributed by atoms with Crippen LogP contribution >= 0.6 is 0 Å². The highest BCUT2D eigenvalue weighted by molar-refractivity contribution is 7.90. The van der Waals surface area contributed by atoms with Gasteiger partial charge in [0.05, 0.1) is 16.5 Å². The number of hydrogen-bond donors (Lipinski definition) is 0. The molecule has 0 spiro atoms. The molecule has 0 amide bonds. The monoisotopic (exact) mass is 409 g/mol. The summed E-state index contributed by atoms with van der Waals surface area (Å²) in [5, 5.41) is 0. The van der Waals surface area contributed by atoms with Gasteiger partial charge in [-0.25, -0.2) is 0 Å². The van der Waals surface area contributed by atoms with E-state index < -0.39 is 21.7 Å².